The lowest BCUT2D eigenvalue weighted by Crippen LogP contribution is -2.24. The van der Waals surface area contributed by atoms with Crippen LogP contribution in [-0.4, -0.2) is 41.6 Å². The van der Waals surface area contributed by atoms with Crippen LogP contribution < -0.4 is 5.32 Å². The molecule has 0 aromatic carbocycles. The van der Waals surface area contributed by atoms with Gasteiger partial charge in [0.05, 0.1) is 6.61 Å². The van der Waals surface area contributed by atoms with Crippen LogP contribution in [0.15, 0.2) is 0 Å². The molecule has 1 fully saturated rings. The first-order valence-corrected chi connectivity index (χ1v) is 6.96. The molecule has 1 aliphatic heterocycles. The molecule has 1 aromatic rings. The molecule has 1 unspecified atom stereocenters. The molecule has 2 heterocycles. The zero-order valence-corrected chi connectivity index (χ0v) is 11.5. The van der Waals surface area contributed by atoms with Crippen LogP contribution in [0.1, 0.15) is 39.9 Å². The number of ether oxygens (including phenoxy) is 1. The Morgan fingerprint density at radius 3 is 2.89 bits per heavy atom. The van der Waals surface area contributed by atoms with Crippen molar-refractivity contribution in [3.8, 4) is 0 Å². The van der Waals surface area contributed by atoms with E-state index >= 15 is 0 Å². The van der Waals surface area contributed by atoms with Crippen molar-refractivity contribution in [3.63, 3.8) is 0 Å². The van der Waals surface area contributed by atoms with E-state index in [9.17, 15) is 9.59 Å². The average Bonchev–Trinajstić information content (AvgIpc) is 2.82. The monoisotopic (exact) mass is 284 g/mol. The molecule has 2 rings (SSSR count). The van der Waals surface area contributed by atoms with Gasteiger partial charge in [0, 0.05) is 20.1 Å². The molecule has 0 radical (unpaired) electrons. The zero-order chi connectivity index (χ0) is 13.8. The summed E-state index contributed by atoms with van der Waals surface area (Å²) in [6.07, 6.45) is 2.13. The number of rotatable bonds is 5. The van der Waals surface area contributed by atoms with Gasteiger partial charge in [-0.25, -0.2) is 9.78 Å². The summed E-state index contributed by atoms with van der Waals surface area (Å²) >= 11 is 1.09. The van der Waals surface area contributed by atoms with E-state index in [1.807, 2.05) is 0 Å². The molecule has 0 bridgehead atoms. The van der Waals surface area contributed by atoms with Crippen LogP contribution in [0, 0.1) is 5.92 Å². The third-order valence-corrected chi connectivity index (χ3v) is 4.06. The van der Waals surface area contributed by atoms with Crippen molar-refractivity contribution in [2.75, 3.05) is 25.1 Å². The summed E-state index contributed by atoms with van der Waals surface area (Å²) in [4.78, 5) is 26.5. The van der Waals surface area contributed by atoms with Crippen LogP contribution >= 0.6 is 11.3 Å². The largest absolute Gasteiger partial charge is 0.476 e. The molecule has 1 aliphatic rings. The lowest BCUT2D eigenvalue weighted by Gasteiger charge is -2.21. The van der Waals surface area contributed by atoms with Crippen LogP contribution in [0.5, 0.6) is 0 Å². The fourth-order valence-corrected chi connectivity index (χ4v) is 2.84. The Morgan fingerprint density at radius 2 is 2.37 bits per heavy atom. The minimum absolute atomic E-state index is 0.167. The van der Waals surface area contributed by atoms with Crippen LogP contribution in [-0.2, 0) is 4.74 Å². The third-order valence-electron chi connectivity index (χ3n) is 2.95. The number of carboxylic acid groups (broad SMARTS) is 1. The number of hydrogen-bond donors (Lipinski definition) is 2. The quantitative estimate of drug-likeness (QED) is 0.803. The summed E-state index contributed by atoms with van der Waals surface area (Å²) < 4.78 is 5.37. The van der Waals surface area contributed by atoms with Gasteiger partial charge in [-0.05, 0) is 18.8 Å². The highest BCUT2D eigenvalue weighted by molar-refractivity contribution is 7.17. The van der Waals surface area contributed by atoms with Gasteiger partial charge in [0.15, 0.2) is 16.6 Å². The van der Waals surface area contributed by atoms with E-state index in [1.165, 1.54) is 6.92 Å². The second-order valence-electron chi connectivity index (χ2n) is 4.52. The molecular formula is C12H16N2O4S. The van der Waals surface area contributed by atoms with Gasteiger partial charge in [0.1, 0.15) is 4.88 Å². The van der Waals surface area contributed by atoms with Crippen molar-refractivity contribution in [3.05, 3.63) is 10.6 Å². The van der Waals surface area contributed by atoms with Gasteiger partial charge in [-0.1, -0.05) is 11.3 Å². The predicted octanol–water partition coefficient (Wildman–Crippen LogP) is 1.88. The highest BCUT2D eigenvalue weighted by Gasteiger charge is 2.21. The molecule has 19 heavy (non-hydrogen) atoms. The third kappa shape index (κ3) is 3.51. The smallest absolute Gasteiger partial charge is 0.356 e. The molecule has 1 saturated heterocycles. The lowest BCUT2D eigenvalue weighted by molar-refractivity contribution is 0.0595. The Kier molecular flexibility index (Phi) is 4.49. The number of hydrogen-bond acceptors (Lipinski definition) is 6. The maximum Gasteiger partial charge on any atom is 0.356 e. The zero-order valence-electron chi connectivity index (χ0n) is 10.6. The SMILES string of the molecule is CC(=O)c1sc(NCC2CCCOC2)nc1C(=O)O. The Hall–Kier alpha value is -1.47. The molecule has 1 aromatic heterocycles. The summed E-state index contributed by atoms with van der Waals surface area (Å²) in [7, 11) is 0. The number of ketones is 1. The van der Waals surface area contributed by atoms with Crippen LogP contribution in [0.3, 0.4) is 0 Å². The number of carboxylic acids is 1. The summed E-state index contributed by atoms with van der Waals surface area (Å²) in [5, 5.41) is 12.6. The number of anilines is 1. The van der Waals surface area contributed by atoms with Crippen molar-refractivity contribution in [1.29, 1.82) is 0 Å². The summed E-state index contributed by atoms with van der Waals surface area (Å²) in [5.41, 5.74) is -0.167. The van der Waals surface area contributed by atoms with Crippen molar-refractivity contribution in [1.82, 2.24) is 4.98 Å². The Labute approximate surface area is 114 Å². The fraction of sp³-hybridized carbons (Fsp3) is 0.583. The molecule has 0 amide bonds. The first-order valence-electron chi connectivity index (χ1n) is 6.14. The number of carbonyl (C=O) groups excluding carboxylic acids is 1. The maximum absolute atomic E-state index is 11.3. The molecule has 6 nitrogen and oxygen atoms in total. The fourth-order valence-electron chi connectivity index (χ4n) is 1.98. The standard InChI is InChI=1S/C12H16N2O4S/c1-7(15)10-9(11(16)17)14-12(19-10)13-5-8-3-2-4-18-6-8/h8H,2-6H2,1H3,(H,13,14)(H,16,17). The summed E-state index contributed by atoms with van der Waals surface area (Å²) in [6, 6.07) is 0. The van der Waals surface area contributed by atoms with Gasteiger partial charge in [-0.15, -0.1) is 0 Å². The molecule has 1 atom stereocenters. The first-order chi connectivity index (χ1) is 9.08. The van der Waals surface area contributed by atoms with Gasteiger partial charge >= 0.3 is 5.97 Å². The second-order valence-corrected chi connectivity index (χ2v) is 5.52. The number of Topliss-reactive ketones (excluding diaryl/α,β-unsaturated/α-hetero) is 1. The Balaban J connectivity index is 2.02. The molecule has 0 spiro atoms. The number of carbonyl (C=O) groups is 2. The summed E-state index contributed by atoms with van der Waals surface area (Å²) in [5.74, 6) is -1.04. The van der Waals surface area contributed by atoms with E-state index in [0.717, 1.165) is 30.8 Å². The van der Waals surface area contributed by atoms with E-state index in [4.69, 9.17) is 9.84 Å². The van der Waals surface area contributed by atoms with Crippen molar-refractivity contribution in [2.24, 2.45) is 5.92 Å². The highest BCUT2D eigenvalue weighted by atomic mass is 32.1. The minimum atomic E-state index is -1.17. The number of nitrogens with zero attached hydrogens (tertiary/aromatic N) is 1. The van der Waals surface area contributed by atoms with Gasteiger partial charge in [-0.2, -0.15) is 0 Å². The van der Waals surface area contributed by atoms with E-state index in [1.54, 1.807) is 0 Å². The van der Waals surface area contributed by atoms with E-state index in [0.29, 0.717) is 24.2 Å². The Bertz CT molecular complexity index is 449. The normalized spacial score (nSPS) is 19.1. The number of thiazole rings is 1. The molecule has 2 N–H and O–H groups in total. The molecule has 0 saturated carbocycles. The topological polar surface area (TPSA) is 88.5 Å². The molecular weight excluding hydrogens is 268 g/mol. The molecule has 0 aliphatic carbocycles. The van der Waals surface area contributed by atoms with Gasteiger partial charge in [0.2, 0.25) is 0 Å². The van der Waals surface area contributed by atoms with E-state index in [-0.39, 0.29) is 16.4 Å². The van der Waals surface area contributed by atoms with Crippen molar-refractivity contribution >= 4 is 28.2 Å². The second kappa shape index (κ2) is 6.12. The maximum atomic E-state index is 11.3. The number of aromatic carboxylic acids is 1. The van der Waals surface area contributed by atoms with Gasteiger partial charge < -0.3 is 15.2 Å². The van der Waals surface area contributed by atoms with Gasteiger partial charge in [0.25, 0.3) is 0 Å². The van der Waals surface area contributed by atoms with Crippen LogP contribution in [0.2, 0.25) is 0 Å². The molecule has 7 heteroatoms. The van der Waals surface area contributed by atoms with Crippen LogP contribution in [0.25, 0.3) is 0 Å². The Morgan fingerprint density at radius 1 is 1.58 bits per heavy atom. The first kappa shape index (κ1) is 14.0. The highest BCUT2D eigenvalue weighted by Crippen LogP contribution is 2.24. The summed E-state index contributed by atoms with van der Waals surface area (Å²) in [6.45, 7) is 3.55. The van der Waals surface area contributed by atoms with E-state index in [2.05, 4.69) is 10.3 Å². The minimum Gasteiger partial charge on any atom is -0.476 e. The number of aromatic nitrogens is 1. The number of nitrogens with one attached hydrogen (secondary N) is 1. The molecule has 104 valence electrons. The van der Waals surface area contributed by atoms with Crippen molar-refractivity contribution in [2.45, 2.75) is 19.8 Å². The average molecular weight is 284 g/mol. The predicted molar refractivity (Wildman–Crippen MR) is 71.1 cm³/mol. The van der Waals surface area contributed by atoms with Crippen LogP contribution in [0.4, 0.5) is 5.13 Å². The van der Waals surface area contributed by atoms with Gasteiger partial charge in [-0.3, -0.25) is 4.79 Å². The van der Waals surface area contributed by atoms with Crippen molar-refractivity contribution < 1.29 is 19.4 Å². The van der Waals surface area contributed by atoms with E-state index < -0.39 is 5.97 Å². The lowest BCUT2D eigenvalue weighted by atomic mass is 10.0.